The number of hydrogen-bond acceptors (Lipinski definition) is 2. The minimum atomic E-state index is 0.0828. The summed E-state index contributed by atoms with van der Waals surface area (Å²) in [4.78, 5) is 16.6. The highest BCUT2D eigenvalue weighted by Gasteiger charge is 2.21. The Morgan fingerprint density at radius 1 is 1.38 bits per heavy atom. The first-order valence-electron chi connectivity index (χ1n) is 7.40. The average molecular weight is 308 g/mol. The molecule has 0 atom stereocenters. The molecule has 0 bridgehead atoms. The van der Waals surface area contributed by atoms with E-state index in [-0.39, 0.29) is 17.7 Å². The van der Waals surface area contributed by atoms with E-state index >= 15 is 0 Å². The van der Waals surface area contributed by atoms with E-state index < -0.39 is 0 Å². The molecule has 0 saturated heterocycles. The third-order valence-corrected chi connectivity index (χ3v) is 4.06. The number of alkyl halides is 1. The molecule has 1 aliphatic carbocycles. The van der Waals surface area contributed by atoms with Gasteiger partial charge in [-0.25, -0.2) is 4.99 Å². The molecular weight excluding hydrogens is 286 g/mol. The molecule has 21 heavy (non-hydrogen) atoms. The molecule has 1 saturated carbocycles. The number of nitrogens with one attached hydrogen (secondary N) is 1. The smallest absolute Gasteiger partial charge is 0.227 e. The SMILES string of the molecule is Cc1ccc(NC(=O)C2CCCCC2)c(N=C(N)CCl)c1. The Morgan fingerprint density at radius 2 is 2.10 bits per heavy atom. The van der Waals surface area contributed by atoms with Crippen LogP contribution in [0.2, 0.25) is 0 Å². The van der Waals surface area contributed by atoms with Crippen LogP contribution in [-0.4, -0.2) is 17.6 Å². The van der Waals surface area contributed by atoms with Gasteiger partial charge in [0.05, 0.1) is 17.3 Å². The van der Waals surface area contributed by atoms with Crippen LogP contribution in [0.4, 0.5) is 11.4 Å². The fourth-order valence-corrected chi connectivity index (χ4v) is 2.68. The van der Waals surface area contributed by atoms with E-state index in [1.807, 2.05) is 25.1 Å². The summed E-state index contributed by atoms with van der Waals surface area (Å²) in [6.07, 6.45) is 5.45. The molecule has 0 unspecified atom stereocenters. The zero-order valence-electron chi connectivity index (χ0n) is 12.4. The summed E-state index contributed by atoms with van der Waals surface area (Å²) in [5.41, 5.74) is 8.13. The van der Waals surface area contributed by atoms with E-state index in [1.165, 1.54) is 6.42 Å². The van der Waals surface area contributed by atoms with Crippen molar-refractivity contribution in [1.82, 2.24) is 0 Å². The quantitative estimate of drug-likeness (QED) is 0.505. The summed E-state index contributed by atoms with van der Waals surface area (Å²) in [5, 5.41) is 2.99. The highest BCUT2D eigenvalue weighted by atomic mass is 35.5. The Kier molecular flexibility index (Phi) is 5.62. The van der Waals surface area contributed by atoms with Crippen molar-refractivity contribution in [3.8, 4) is 0 Å². The van der Waals surface area contributed by atoms with Gasteiger partial charge >= 0.3 is 0 Å². The molecule has 2 rings (SSSR count). The van der Waals surface area contributed by atoms with E-state index in [4.69, 9.17) is 17.3 Å². The fraction of sp³-hybridized carbons (Fsp3) is 0.500. The first-order valence-corrected chi connectivity index (χ1v) is 7.94. The number of halogens is 1. The fourth-order valence-electron chi connectivity index (χ4n) is 2.62. The van der Waals surface area contributed by atoms with E-state index in [0.29, 0.717) is 17.2 Å². The zero-order chi connectivity index (χ0) is 15.2. The molecule has 0 aromatic heterocycles. The highest BCUT2D eigenvalue weighted by Crippen LogP contribution is 2.29. The number of nitrogens with two attached hydrogens (primary N) is 1. The Bertz CT molecular complexity index is 536. The van der Waals surface area contributed by atoms with Crippen LogP contribution < -0.4 is 11.1 Å². The third-order valence-electron chi connectivity index (χ3n) is 3.79. The normalized spacial score (nSPS) is 16.8. The van der Waals surface area contributed by atoms with Crippen LogP contribution in [0.1, 0.15) is 37.7 Å². The number of carbonyl (C=O) groups excluding carboxylic acids is 1. The number of amides is 1. The van der Waals surface area contributed by atoms with Gasteiger partial charge in [0, 0.05) is 5.92 Å². The molecule has 1 fully saturated rings. The predicted molar refractivity (Wildman–Crippen MR) is 88.4 cm³/mol. The third kappa shape index (κ3) is 4.46. The average Bonchev–Trinajstić information content (AvgIpc) is 2.50. The molecule has 0 heterocycles. The first-order chi connectivity index (χ1) is 10.1. The lowest BCUT2D eigenvalue weighted by Gasteiger charge is -2.21. The lowest BCUT2D eigenvalue weighted by molar-refractivity contribution is -0.120. The molecule has 1 aliphatic rings. The second-order valence-electron chi connectivity index (χ2n) is 5.58. The maximum Gasteiger partial charge on any atom is 0.227 e. The lowest BCUT2D eigenvalue weighted by atomic mass is 9.88. The molecule has 1 aromatic carbocycles. The summed E-state index contributed by atoms with van der Waals surface area (Å²) < 4.78 is 0. The number of nitrogens with zero attached hydrogens (tertiary/aromatic N) is 1. The Balaban J connectivity index is 2.16. The Labute approximate surface area is 130 Å². The van der Waals surface area contributed by atoms with Crippen LogP contribution in [-0.2, 0) is 4.79 Å². The summed E-state index contributed by atoms with van der Waals surface area (Å²) in [6, 6.07) is 5.72. The molecule has 114 valence electrons. The van der Waals surface area contributed by atoms with E-state index in [2.05, 4.69) is 10.3 Å². The second-order valence-corrected chi connectivity index (χ2v) is 5.85. The van der Waals surface area contributed by atoms with Crippen molar-refractivity contribution in [3.63, 3.8) is 0 Å². The molecule has 5 heteroatoms. The van der Waals surface area contributed by atoms with Gasteiger partial charge in [-0.3, -0.25) is 4.79 Å². The van der Waals surface area contributed by atoms with Crippen molar-refractivity contribution in [3.05, 3.63) is 23.8 Å². The standard InChI is InChI=1S/C16H22ClN3O/c1-11-7-8-13(14(9-11)19-15(18)10-17)20-16(21)12-5-3-2-4-6-12/h7-9,12H,2-6,10H2,1H3,(H2,18,19)(H,20,21). The molecule has 4 nitrogen and oxygen atoms in total. The zero-order valence-corrected chi connectivity index (χ0v) is 13.1. The molecular formula is C16H22ClN3O. The number of hydrogen-bond donors (Lipinski definition) is 2. The topological polar surface area (TPSA) is 67.5 Å². The van der Waals surface area contributed by atoms with Crippen molar-refractivity contribution in [2.24, 2.45) is 16.6 Å². The van der Waals surface area contributed by atoms with E-state index in [0.717, 1.165) is 31.2 Å². The van der Waals surface area contributed by atoms with E-state index in [9.17, 15) is 4.79 Å². The van der Waals surface area contributed by atoms with Gasteiger partial charge in [0.1, 0.15) is 5.84 Å². The van der Waals surface area contributed by atoms with Crippen LogP contribution in [0.5, 0.6) is 0 Å². The van der Waals surface area contributed by atoms with Gasteiger partial charge in [-0.1, -0.05) is 25.3 Å². The number of amidine groups is 1. The number of aryl methyl sites for hydroxylation is 1. The van der Waals surface area contributed by atoms with Gasteiger partial charge in [-0.2, -0.15) is 0 Å². The second kappa shape index (κ2) is 7.46. The number of aliphatic imine (C=N–C) groups is 1. The van der Waals surface area contributed by atoms with Gasteiger partial charge in [-0.05, 0) is 37.5 Å². The van der Waals surface area contributed by atoms with Gasteiger partial charge in [0.2, 0.25) is 5.91 Å². The monoisotopic (exact) mass is 307 g/mol. The summed E-state index contributed by atoms with van der Waals surface area (Å²) in [7, 11) is 0. The van der Waals surface area contributed by atoms with E-state index in [1.54, 1.807) is 0 Å². The lowest BCUT2D eigenvalue weighted by Crippen LogP contribution is -2.24. The summed E-state index contributed by atoms with van der Waals surface area (Å²) >= 11 is 5.68. The van der Waals surface area contributed by atoms with Gasteiger partial charge < -0.3 is 11.1 Å². The molecule has 0 aliphatic heterocycles. The number of benzene rings is 1. The Morgan fingerprint density at radius 3 is 2.76 bits per heavy atom. The van der Waals surface area contributed by atoms with Crippen molar-refractivity contribution in [1.29, 1.82) is 0 Å². The van der Waals surface area contributed by atoms with Crippen molar-refractivity contribution < 1.29 is 4.79 Å². The minimum absolute atomic E-state index is 0.0828. The van der Waals surface area contributed by atoms with Crippen LogP contribution in [0.15, 0.2) is 23.2 Å². The predicted octanol–water partition coefficient (Wildman–Crippen LogP) is 3.74. The first kappa shape index (κ1) is 15.8. The maximum absolute atomic E-state index is 12.3. The molecule has 1 aromatic rings. The maximum atomic E-state index is 12.3. The minimum Gasteiger partial charge on any atom is -0.386 e. The van der Waals surface area contributed by atoms with Crippen molar-refractivity contribution >= 4 is 34.7 Å². The molecule has 0 spiro atoms. The van der Waals surface area contributed by atoms with Crippen LogP contribution in [0.25, 0.3) is 0 Å². The molecule has 1 amide bonds. The molecule has 3 N–H and O–H groups in total. The van der Waals surface area contributed by atoms with Gasteiger partial charge in [0.15, 0.2) is 0 Å². The van der Waals surface area contributed by atoms with Gasteiger partial charge in [0.25, 0.3) is 0 Å². The van der Waals surface area contributed by atoms with Gasteiger partial charge in [-0.15, -0.1) is 11.6 Å². The van der Waals surface area contributed by atoms with Crippen LogP contribution >= 0.6 is 11.6 Å². The molecule has 0 radical (unpaired) electrons. The van der Waals surface area contributed by atoms with Crippen molar-refractivity contribution in [2.45, 2.75) is 39.0 Å². The number of anilines is 1. The Hall–Kier alpha value is -1.55. The highest BCUT2D eigenvalue weighted by molar-refractivity contribution is 6.28. The van der Waals surface area contributed by atoms with Crippen LogP contribution in [0.3, 0.4) is 0 Å². The summed E-state index contributed by atoms with van der Waals surface area (Å²) in [5.74, 6) is 0.710. The van der Waals surface area contributed by atoms with Crippen molar-refractivity contribution in [2.75, 3.05) is 11.2 Å². The number of rotatable bonds is 4. The van der Waals surface area contributed by atoms with Crippen LogP contribution in [0, 0.1) is 12.8 Å². The largest absolute Gasteiger partial charge is 0.386 e. The summed E-state index contributed by atoms with van der Waals surface area (Å²) in [6.45, 7) is 1.97. The number of carbonyl (C=O) groups is 1.